The van der Waals surface area contributed by atoms with Crippen LogP contribution >= 0.6 is 0 Å². The highest BCUT2D eigenvalue weighted by atomic mass is 32.2. The highest BCUT2D eigenvalue weighted by Gasteiger charge is 2.25. The molecule has 0 bridgehead atoms. The fourth-order valence-corrected chi connectivity index (χ4v) is 1.52. The van der Waals surface area contributed by atoms with Gasteiger partial charge in [-0.1, -0.05) is 28.7 Å². The lowest BCUT2D eigenvalue weighted by Gasteiger charge is -2.17. The number of hydrogen-bond acceptors (Lipinski definition) is 2. The lowest BCUT2D eigenvalue weighted by atomic mass is 10.1. The molecule has 0 saturated carbocycles. The lowest BCUT2D eigenvalue weighted by molar-refractivity contribution is 0.562. The molecule has 0 N–H and O–H groups in total. The van der Waals surface area contributed by atoms with Crippen molar-refractivity contribution in [2.24, 2.45) is 4.40 Å². The van der Waals surface area contributed by atoms with Crippen molar-refractivity contribution in [3.8, 4) is 0 Å². The Morgan fingerprint density at radius 1 is 1.27 bits per heavy atom. The Morgan fingerprint density at radius 3 is 2.40 bits per heavy atom. The third kappa shape index (κ3) is 3.68. The average molecular weight is 223 g/mol. The van der Waals surface area contributed by atoms with Gasteiger partial charge in [0, 0.05) is 5.56 Å². The topological polar surface area (TPSA) is 35.4 Å². The molecule has 82 valence electrons. The second-order valence-corrected chi connectivity index (χ2v) is 6.39. The van der Waals surface area contributed by atoms with Crippen LogP contribution in [0.2, 0.25) is 0 Å². The minimum atomic E-state index is -1.18. The van der Waals surface area contributed by atoms with Crippen LogP contribution < -0.4 is 0 Å². The van der Waals surface area contributed by atoms with E-state index in [-0.39, 0.29) is 4.75 Å². The third-order valence-corrected chi connectivity index (χ3v) is 3.34. The number of benzene rings is 1. The summed E-state index contributed by atoms with van der Waals surface area (Å²) in [6.45, 7) is 7.76. The molecule has 0 heterocycles. The van der Waals surface area contributed by atoms with E-state index in [1.807, 2.05) is 52.0 Å². The molecule has 2 nitrogen and oxygen atoms in total. The summed E-state index contributed by atoms with van der Waals surface area (Å²) in [5.41, 5.74) is 2.17. The predicted octanol–water partition coefficient (Wildman–Crippen LogP) is 2.88. The molecule has 0 aliphatic heterocycles. The Hall–Kier alpha value is -0.800. The van der Waals surface area contributed by atoms with Crippen LogP contribution in [0.15, 0.2) is 28.7 Å². The first kappa shape index (κ1) is 12.3. The Labute approximate surface area is 94.7 Å². The molecule has 0 saturated heterocycles. The molecule has 0 amide bonds. The fourth-order valence-electron chi connectivity index (χ4n) is 0.994. The second kappa shape index (κ2) is 4.81. The van der Waals surface area contributed by atoms with Crippen molar-refractivity contribution >= 4 is 17.6 Å². The predicted molar refractivity (Wildman–Crippen MR) is 66.7 cm³/mol. The van der Waals surface area contributed by atoms with Gasteiger partial charge in [0.15, 0.2) is 0 Å². The van der Waals surface area contributed by atoms with Crippen molar-refractivity contribution in [1.82, 2.24) is 0 Å². The smallest absolute Gasteiger partial charge is 0.144 e. The first-order valence-corrected chi connectivity index (χ1v) is 6.03. The Balaban J connectivity index is 2.79. The van der Waals surface area contributed by atoms with Gasteiger partial charge < -0.3 is 4.55 Å². The van der Waals surface area contributed by atoms with Gasteiger partial charge >= 0.3 is 0 Å². The number of hydrogen-bond donors (Lipinski definition) is 0. The maximum Gasteiger partial charge on any atom is 0.144 e. The van der Waals surface area contributed by atoms with Crippen molar-refractivity contribution < 1.29 is 4.55 Å². The van der Waals surface area contributed by atoms with Crippen LogP contribution in [0.5, 0.6) is 0 Å². The summed E-state index contributed by atoms with van der Waals surface area (Å²) in [4.78, 5) is 0. The lowest BCUT2D eigenvalue weighted by Crippen LogP contribution is -2.25. The molecule has 0 fully saturated rings. The zero-order valence-corrected chi connectivity index (χ0v) is 10.5. The molecule has 0 aromatic heterocycles. The summed E-state index contributed by atoms with van der Waals surface area (Å²) < 4.78 is 15.4. The van der Waals surface area contributed by atoms with Gasteiger partial charge in [-0.05, 0) is 33.3 Å². The van der Waals surface area contributed by atoms with Gasteiger partial charge in [-0.25, -0.2) is 0 Å². The molecule has 1 rings (SSSR count). The third-order valence-electron chi connectivity index (χ3n) is 2.00. The quantitative estimate of drug-likeness (QED) is 0.561. The number of aryl methyl sites for hydroxylation is 1. The molecular weight excluding hydrogens is 206 g/mol. The van der Waals surface area contributed by atoms with E-state index in [1.165, 1.54) is 0 Å². The van der Waals surface area contributed by atoms with Gasteiger partial charge in [-0.15, -0.1) is 0 Å². The van der Waals surface area contributed by atoms with E-state index in [0.29, 0.717) is 0 Å². The molecule has 0 spiro atoms. The van der Waals surface area contributed by atoms with Crippen molar-refractivity contribution in [3.63, 3.8) is 0 Å². The molecule has 1 aromatic rings. The maximum absolute atomic E-state index is 11.7. The second-order valence-electron chi connectivity index (χ2n) is 4.45. The zero-order valence-electron chi connectivity index (χ0n) is 9.65. The summed E-state index contributed by atoms with van der Waals surface area (Å²) >= 11 is -1.18. The molecule has 0 aliphatic rings. The standard InChI is InChI=1S/C12H17NOS/c1-10-7-5-6-8-11(10)9-13-15(14)12(2,3)4/h5-9H,1-4H3. The highest BCUT2D eigenvalue weighted by molar-refractivity contribution is 7.91. The summed E-state index contributed by atoms with van der Waals surface area (Å²) in [6.07, 6.45) is 1.69. The van der Waals surface area contributed by atoms with E-state index in [9.17, 15) is 4.55 Å². The first-order chi connectivity index (χ1) is 6.91. The largest absolute Gasteiger partial charge is 0.591 e. The van der Waals surface area contributed by atoms with Gasteiger partial charge in [-0.3, -0.25) is 0 Å². The van der Waals surface area contributed by atoms with E-state index < -0.39 is 11.4 Å². The Bertz CT molecular complexity index is 355. The molecular formula is C12H17NOS. The van der Waals surface area contributed by atoms with Crippen molar-refractivity contribution in [3.05, 3.63) is 35.4 Å². The normalized spacial score (nSPS) is 14.5. The molecule has 3 heteroatoms. The van der Waals surface area contributed by atoms with E-state index in [2.05, 4.69) is 4.40 Å². The molecule has 0 radical (unpaired) electrons. The van der Waals surface area contributed by atoms with E-state index in [4.69, 9.17) is 0 Å². The minimum absolute atomic E-state index is 0.292. The van der Waals surface area contributed by atoms with Crippen molar-refractivity contribution in [2.45, 2.75) is 32.4 Å². The molecule has 1 atom stereocenters. The summed E-state index contributed by atoms with van der Waals surface area (Å²) in [6, 6.07) is 7.92. The summed E-state index contributed by atoms with van der Waals surface area (Å²) in [5.74, 6) is 0. The number of rotatable bonds is 2. The van der Waals surface area contributed by atoms with Gasteiger partial charge in [-0.2, -0.15) is 0 Å². The van der Waals surface area contributed by atoms with Gasteiger partial charge in [0.2, 0.25) is 0 Å². The van der Waals surface area contributed by atoms with E-state index >= 15 is 0 Å². The monoisotopic (exact) mass is 223 g/mol. The zero-order chi connectivity index (χ0) is 11.5. The summed E-state index contributed by atoms with van der Waals surface area (Å²) in [7, 11) is 0. The van der Waals surface area contributed by atoms with Crippen molar-refractivity contribution in [2.75, 3.05) is 0 Å². The van der Waals surface area contributed by atoms with Crippen LogP contribution in [-0.4, -0.2) is 15.5 Å². The van der Waals surface area contributed by atoms with Crippen LogP contribution in [0.3, 0.4) is 0 Å². The fraction of sp³-hybridized carbons (Fsp3) is 0.417. The summed E-state index contributed by atoms with van der Waals surface area (Å²) in [5, 5.41) is 0. The van der Waals surface area contributed by atoms with Gasteiger partial charge in [0.1, 0.15) is 16.1 Å². The Morgan fingerprint density at radius 2 is 1.87 bits per heavy atom. The van der Waals surface area contributed by atoms with Gasteiger partial charge in [0.25, 0.3) is 0 Å². The van der Waals surface area contributed by atoms with Gasteiger partial charge in [0.05, 0.1) is 6.21 Å². The first-order valence-electron chi connectivity index (χ1n) is 4.93. The maximum atomic E-state index is 11.7. The highest BCUT2D eigenvalue weighted by Crippen LogP contribution is 2.17. The molecule has 1 aromatic carbocycles. The van der Waals surface area contributed by atoms with Crippen LogP contribution in [0, 0.1) is 6.92 Å². The van der Waals surface area contributed by atoms with E-state index in [1.54, 1.807) is 6.21 Å². The van der Waals surface area contributed by atoms with Crippen LogP contribution in [0.1, 0.15) is 31.9 Å². The van der Waals surface area contributed by atoms with E-state index in [0.717, 1.165) is 11.1 Å². The molecule has 0 aliphatic carbocycles. The Kier molecular flexibility index (Phi) is 3.94. The van der Waals surface area contributed by atoms with Crippen LogP contribution in [-0.2, 0) is 11.4 Å². The van der Waals surface area contributed by atoms with Crippen molar-refractivity contribution in [1.29, 1.82) is 0 Å². The number of nitrogens with zero attached hydrogens (tertiary/aromatic N) is 1. The average Bonchev–Trinajstić information content (AvgIpc) is 2.14. The SMILES string of the molecule is Cc1ccccc1C=N[S+]([O-])C(C)(C)C. The minimum Gasteiger partial charge on any atom is -0.591 e. The van der Waals surface area contributed by atoms with Crippen LogP contribution in [0.4, 0.5) is 0 Å². The molecule has 1 unspecified atom stereocenters. The van der Waals surface area contributed by atoms with Crippen LogP contribution in [0.25, 0.3) is 0 Å². The molecule has 15 heavy (non-hydrogen) atoms.